The first-order chi connectivity index (χ1) is 21.3. The second-order valence-corrected chi connectivity index (χ2v) is 14.0. The van der Waals surface area contributed by atoms with Crippen LogP contribution < -0.4 is 0 Å². The number of thioether (sulfide) groups is 1. The Morgan fingerprint density at radius 1 is 0.932 bits per heavy atom. The smallest absolute Gasteiger partial charge is 0.248 e. The van der Waals surface area contributed by atoms with Crippen LogP contribution in [0.2, 0.25) is 0 Å². The molecule has 228 valence electrons. The summed E-state index contributed by atoms with van der Waals surface area (Å²) in [5, 5.41) is 19.4. The van der Waals surface area contributed by atoms with Crippen LogP contribution in [0.3, 0.4) is 0 Å². The zero-order valence-corrected chi connectivity index (χ0v) is 25.6. The van der Waals surface area contributed by atoms with Gasteiger partial charge in [0.05, 0.1) is 34.7 Å². The Bertz CT molecular complexity index is 1670. The fourth-order valence-electron chi connectivity index (χ4n) is 7.70. The number of para-hydroxylation sites is 1. The molecule has 4 aliphatic rings. The fraction of sp³-hybridized carbons (Fsp3) is 0.424. The van der Waals surface area contributed by atoms with Crippen molar-refractivity contribution in [3.8, 4) is 0 Å². The van der Waals surface area contributed by atoms with Crippen LogP contribution in [0.15, 0.2) is 78.9 Å². The van der Waals surface area contributed by atoms with E-state index in [9.17, 15) is 19.5 Å². The standard InChI is InChI=1S/C33H36N6O4S/c1-3-17-36-18-9-15-32(2)26(29(36)41)27-30(42)39(25(20-40)22-11-5-4-6-12-22)28-31(43)37(19-10-16-33(27,28)44-32)21-38-24-14-8-7-13-23(24)34-35-38/h4-16,25-28,40H,3,17-21H2,1-2H3/t25-,26-,27+,28?,32+,33+/m1/s1. The van der Waals surface area contributed by atoms with Gasteiger partial charge in [0.25, 0.3) is 0 Å². The highest BCUT2D eigenvalue weighted by atomic mass is 32.2. The molecule has 0 aliphatic carbocycles. The van der Waals surface area contributed by atoms with Gasteiger partial charge in [0.2, 0.25) is 17.7 Å². The van der Waals surface area contributed by atoms with Crippen LogP contribution in [0, 0.1) is 11.8 Å². The Kier molecular flexibility index (Phi) is 7.12. The molecule has 10 nitrogen and oxygen atoms in total. The topological polar surface area (TPSA) is 112 Å². The maximum atomic E-state index is 14.9. The van der Waals surface area contributed by atoms with E-state index in [2.05, 4.69) is 16.4 Å². The van der Waals surface area contributed by atoms with E-state index in [1.807, 2.05) is 91.6 Å². The largest absolute Gasteiger partial charge is 0.394 e. The summed E-state index contributed by atoms with van der Waals surface area (Å²) >= 11 is 1.55. The van der Waals surface area contributed by atoms with E-state index < -0.39 is 33.4 Å². The number of carbonyl (C=O) groups excluding carboxylic acids is 3. The first-order valence-corrected chi connectivity index (χ1v) is 16.0. The molecule has 0 radical (unpaired) electrons. The minimum atomic E-state index is -1.01. The molecule has 1 N–H and O–H groups in total. The summed E-state index contributed by atoms with van der Waals surface area (Å²) in [6.07, 6.45) is 8.87. The first-order valence-electron chi connectivity index (χ1n) is 15.2. The second kappa shape index (κ2) is 10.9. The minimum absolute atomic E-state index is 0.0565. The molecule has 0 saturated carbocycles. The number of nitrogens with zero attached hydrogens (tertiary/aromatic N) is 6. The molecule has 44 heavy (non-hydrogen) atoms. The van der Waals surface area contributed by atoms with Crippen LogP contribution in [0.25, 0.3) is 11.0 Å². The van der Waals surface area contributed by atoms with Crippen LogP contribution in [0.4, 0.5) is 0 Å². The van der Waals surface area contributed by atoms with Gasteiger partial charge in [-0.2, -0.15) is 0 Å². The third-order valence-electron chi connectivity index (χ3n) is 9.57. The number of amides is 3. The van der Waals surface area contributed by atoms with Gasteiger partial charge in [0, 0.05) is 24.4 Å². The number of rotatable bonds is 7. The molecule has 11 heteroatoms. The lowest BCUT2D eigenvalue weighted by Gasteiger charge is -2.39. The zero-order valence-electron chi connectivity index (χ0n) is 24.8. The van der Waals surface area contributed by atoms with E-state index in [1.54, 1.807) is 26.2 Å². The number of aliphatic hydroxyl groups excluding tert-OH is 1. The van der Waals surface area contributed by atoms with Gasteiger partial charge in [-0.15, -0.1) is 16.9 Å². The first kappa shape index (κ1) is 28.8. The molecule has 1 aromatic heterocycles. The minimum Gasteiger partial charge on any atom is -0.394 e. The number of likely N-dealkylation sites (tertiary alicyclic amines) is 1. The lowest BCUT2D eigenvalue weighted by Crippen LogP contribution is -2.54. The zero-order chi connectivity index (χ0) is 30.6. The van der Waals surface area contributed by atoms with Crippen molar-refractivity contribution in [3.05, 3.63) is 84.5 Å². The highest BCUT2D eigenvalue weighted by Gasteiger charge is 2.74. The quantitative estimate of drug-likeness (QED) is 0.409. The number of aromatic nitrogens is 3. The SMILES string of the molecule is CCCN1CC=C[C@]2(C)S[C@]34C=CCN(Cn5nnc6ccccc65)C(=O)C3N([C@H](CO)c3ccccc3)C(=O)[C@@H]4[C@@H]2C1=O. The van der Waals surface area contributed by atoms with Gasteiger partial charge in [-0.25, -0.2) is 4.68 Å². The molecule has 6 atom stereocenters. The Morgan fingerprint density at radius 3 is 2.43 bits per heavy atom. The average molecular weight is 613 g/mol. The molecular weight excluding hydrogens is 576 g/mol. The summed E-state index contributed by atoms with van der Waals surface area (Å²) in [4.78, 5) is 49.1. The lowest BCUT2D eigenvalue weighted by molar-refractivity contribution is -0.148. The summed E-state index contributed by atoms with van der Waals surface area (Å²) in [5.41, 5.74) is 2.26. The molecule has 4 aliphatic heterocycles. The number of hydrogen-bond acceptors (Lipinski definition) is 7. The molecule has 3 aromatic rings. The van der Waals surface area contributed by atoms with Gasteiger partial charge in [0.1, 0.15) is 18.2 Å². The molecule has 2 saturated heterocycles. The van der Waals surface area contributed by atoms with Crippen molar-refractivity contribution in [1.29, 1.82) is 0 Å². The Hall–Kier alpha value is -3.96. The van der Waals surface area contributed by atoms with Crippen LogP contribution in [-0.2, 0) is 21.1 Å². The summed E-state index contributed by atoms with van der Waals surface area (Å²) < 4.78 is -0.00188. The fourth-order valence-corrected chi connectivity index (χ4v) is 9.85. The van der Waals surface area contributed by atoms with Gasteiger partial charge in [-0.05, 0) is 31.0 Å². The normalized spacial score (nSPS) is 30.4. The van der Waals surface area contributed by atoms with Crippen LogP contribution in [-0.4, -0.2) is 94.3 Å². The highest BCUT2D eigenvalue weighted by molar-refractivity contribution is 8.02. The van der Waals surface area contributed by atoms with Gasteiger partial charge >= 0.3 is 0 Å². The molecule has 1 unspecified atom stereocenters. The molecule has 0 bridgehead atoms. The van der Waals surface area contributed by atoms with Crippen LogP contribution in [0.1, 0.15) is 31.9 Å². The van der Waals surface area contributed by atoms with Crippen molar-refractivity contribution in [1.82, 2.24) is 29.7 Å². The second-order valence-electron chi connectivity index (χ2n) is 12.2. The van der Waals surface area contributed by atoms with Crippen molar-refractivity contribution >= 4 is 40.5 Å². The number of carbonyl (C=O) groups is 3. The predicted molar refractivity (Wildman–Crippen MR) is 167 cm³/mol. The van der Waals surface area contributed by atoms with Crippen molar-refractivity contribution in [3.63, 3.8) is 0 Å². The number of aliphatic hydroxyl groups is 1. The number of fused-ring (bicyclic) bond motifs is 3. The van der Waals surface area contributed by atoms with Crippen molar-refractivity contribution in [2.24, 2.45) is 11.8 Å². The maximum Gasteiger partial charge on any atom is 0.248 e. The molecule has 3 amide bonds. The van der Waals surface area contributed by atoms with Crippen molar-refractivity contribution in [2.45, 2.75) is 48.5 Å². The lowest BCUT2D eigenvalue weighted by atomic mass is 9.74. The van der Waals surface area contributed by atoms with Crippen molar-refractivity contribution < 1.29 is 19.5 Å². The van der Waals surface area contributed by atoms with Gasteiger partial charge < -0.3 is 19.8 Å². The monoisotopic (exact) mass is 612 g/mol. The summed E-state index contributed by atoms with van der Waals surface area (Å²) in [7, 11) is 0. The molecule has 5 heterocycles. The van der Waals surface area contributed by atoms with E-state index in [0.717, 1.165) is 23.0 Å². The average Bonchev–Trinajstić information content (AvgIpc) is 3.56. The van der Waals surface area contributed by atoms with Gasteiger partial charge in [0.15, 0.2) is 0 Å². The molecule has 7 rings (SSSR count). The molecule has 2 aromatic carbocycles. The van der Waals surface area contributed by atoms with Crippen molar-refractivity contribution in [2.75, 3.05) is 26.2 Å². The summed E-state index contributed by atoms with van der Waals surface area (Å²) in [6.45, 7) is 5.25. The van der Waals surface area contributed by atoms with E-state index in [4.69, 9.17) is 0 Å². The third-order valence-corrected chi connectivity index (χ3v) is 11.4. The Balaban J connectivity index is 1.36. The van der Waals surface area contributed by atoms with Gasteiger partial charge in [-0.3, -0.25) is 14.4 Å². The van der Waals surface area contributed by atoms with E-state index in [1.165, 1.54) is 0 Å². The summed E-state index contributed by atoms with van der Waals surface area (Å²) in [5.74, 6) is -2.00. The van der Waals surface area contributed by atoms with Crippen LogP contribution >= 0.6 is 11.8 Å². The highest BCUT2D eigenvalue weighted by Crippen LogP contribution is 2.66. The summed E-state index contributed by atoms with van der Waals surface area (Å²) in [6, 6.07) is 15.2. The number of benzene rings is 2. The van der Waals surface area contributed by atoms with Gasteiger partial charge in [-0.1, -0.05) is 78.9 Å². The Morgan fingerprint density at radius 2 is 1.66 bits per heavy atom. The molecule has 2 fully saturated rings. The van der Waals surface area contributed by atoms with Crippen LogP contribution in [0.5, 0.6) is 0 Å². The van der Waals surface area contributed by atoms with E-state index in [0.29, 0.717) is 19.6 Å². The Labute approximate surface area is 260 Å². The van der Waals surface area contributed by atoms with E-state index in [-0.39, 0.29) is 31.0 Å². The van der Waals surface area contributed by atoms with E-state index >= 15 is 0 Å². The predicted octanol–water partition coefficient (Wildman–Crippen LogP) is 3.02. The maximum absolute atomic E-state index is 14.9. The molecular formula is C33H36N6O4S. The number of hydrogen-bond donors (Lipinski definition) is 1. The molecule has 1 spiro atoms. The third kappa shape index (κ3) is 4.23.